The van der Waals surface area contributed by atoms with Crippen LogP contribution in [0.15, 0.2) is 41.4 Å². The number of anilines is 2. The number of thioether (sulfide) groups is 1. The molecule has 2 amide bonds. The minimum atomic E-state index is -0.0662. The number of amides is 2. The van der Waals surface area contributed by atoms with E-state index in [2.05, 4.69) is 39.6 Å². The molecule has 1 aromatic carbocycles. The van der Waals surface area contributed by atoms with Crippen molar-refractivity contribution in [3.05, 3.63) is 42.0 Å². The lowest BCUT2D eigenvalue weighted by molar-refractivity contribution is -0.125. The third-order valence-electron chi connectivity index (χ3n) is 5.36. The summed E-state index contributed by atoms with van der Waals surface area (Å²) in [6.07, 6.45) is 3.59. The molecule has 1 aliphatic rings. The summed E-state index contributed by atoms with van der Waals surface area (Å²) in [5.41, 5.74) is 2.04. The maximum atomic E-state index is 12.2. The second-order valence-electron chi connectivity index (χ2n) is 7.67. The van der Waals surface area contributed by atoms with Gasteiger partial charge < -0.3 is 15.5 Å². The van der Waals surface area contributed by atoms with Crippen molar-refractivity contribution in [1.82, 2.24) is 15.5 Å². The lowest BCUT2D eigenvalue weighted by Crippen LogP contribution is -2.41. The zero-order valence-electron chi connectivity index (χ0n) is 18.3. The van der Waals surface area contributed by atoms with Gasteiger partial charge in [0.2, 0.25) is 11.8 Å². The minimum absolute atomic E-state index is 0.0662. The van der Waals surface area contributed by atoms with Crippen molar-refractivity contribution in [1.29, 1.82) is 0 Å². The molecule has 8 heteroatoms. The van der Waals surface area contributed by atoms with Gasteiger partial charge in [-0.2, -0.15) is 0 Å². The highest BCUT2D eigenvalue weighted by Crippen LogP contribution is 2.23. The van der Waals surface area contributed by atoms with Gasteiger partial charge in [-0.3, -0.25) is 9.59 Å². The zero-order valence-corrected chi connectivity index (χ0v) is 19.1. The van der Waals surface area contributed by atoms with Crippen LogP contribution in [0.2, 0.25) is 0 Å². The first-order chi connectivity index (χ1) is 15.1. The molecule has 2 heterocycles. The van der Waals surface area contributed by atoms with E-state index in [1.54, 1.807) is 0 Å². The maximum absolute atomic E-state index is 12.2. The highest BCUT2D eigenvalue weighted by molar-refractivity contribution is 7.99. The Morgan fingerprint density at radius 1 is 1.06 bits per heavy atom. The molecule has 7 nitrogen and oxygen atoms in total. The van der Waals surface area contributed by atoms with Crippen LogP contribution in [-0.4, -0.2) is 47.4 Å². The number of nitrogens with one attached hydrogen (secondary N) is 2. The van der Waals surface area contributed by atoms with E-state index in [1.807, 2.05) is 36.4 Å². The summed E-state index contributed by atoms with van der Waals surface area (Å²) < 4.78 is 0. The van der Waals surface area contributed by atoms with Gasteiger partial charge in [0.05, 0.1) is 5.75 Å². The van der Waals surface area contributed by atoms with E-state index >= 15 is 0 Å². The van der Waals surface area contributed by atoms with Crippen LogP contribution >= 0.6 is 11.8 Å². The number of carbonyl (C=O) groups is 2. The molecule has 2 aromatic rings. The number of rotatable bonds is 9. The Labute approximate surface area is 188 Å². The van der Waals surface area contributed by atoms with Gasteiger partial charge in [-0.05, 0) is 55.5 Å². The molecule has 3 rings (SSSR count). The molecule has 166 valence electrons. The molecule has 2 N–H and O–H groups in total. The second kappa shape index (κ2) is 11.7. The molecule has 0 aliphatic carbocycles. The number of aromatic nitrogens is 2. The molecule has 31 heavy (non-hydrogen) atoms. The monoisotopic (exact) mass is 441 g/mol. The van der Waals surface area contributed by atoms with Crippen LogP contribution in [0.4, 0.5) is 11.5 Å². The van der Waals surface area contributed by atoms with E-state index < -0.39 is 0 Å². The average molecular weight is 442 g/mol. The maximum Gasteiger partial charge on any atom is 0.234 e. The van der Waals surface area contributed by atoms with Crippen LogP contribution < -0.4 is 15.5 Å². The van der Waals surface area contributed by atoms with Crippen molar-refractivity contribution < 1.29 is 9.59 Å². The fourth-order valence-corrected chi connectivity index (χ4v) is 4.10. The second-order valence-corrected chi connectivity index (χ2v) is 8.67. The number of hydrogen-bond acceptors (Lipinski definition) is 6. The fourth-order valence-electron chi connectivity index (χ4n) is 3.48. The molecule has 1 aliphatic heterocycles. The first kappa shape index (κ1) is 23.1. The topological polar surface area (TPSA) is 87.2 Å². The third-order valence-corrected chi connectivity index (χ3v) is 6.28. The van der Waals surface area contributed by atoms with E-state index in [9.17, 15) is 9.59 Å². The van der Waals surface area contributed by atoms with Crippen LogP contribution in [0, 0.1) is 5.92 Å². The van der Waals surface area contributed by atoms with Crippen LogP contribution in [0.25, 0.3) is 0 Å². The Balaban J connectivity index is 1.42. The Morgan fingerprint density at radius 3 is 2.42 bits per heavy atom. The van der Waals surface area contributed by atoms with Crippen LogP contribution in [-0.2, 0) is 16.0 Å². The molecule has 0 atom stereocenters. The Kier molecular flexibility index (Phi) is 8.70. The molecule has 1 aromatic heterocycles. The molecular formula is C23H31N5O2S. The van der Waals surface area contributed by atoms with E-state index in [0.717, 1.165) is 56.8 Å². The van der Waals surface area contributed by atoms with Crippen LogP contribution in [0.1, 0.15) is 38.7 Å². The number of carbonyl (C=O) groups excluding carboxylic acids is 2. The van der Waals surface area contributed by atoms with Crippen molar-refractivity contribution in [2.45, 2.75) is 44.6 Å². The number of benzene rings is 1. The van der Waals surface area contributed by atoms with Gasteiger partial charge in [-0.15, -0.1) is 10.2 Å². The molecule has 0 bridgehead atoms. The van der Waals surface area contributed by atoms with Gasteiger partial charge in [0.25, 0.3) is 0 Å². The van der Waals surface area contributed by atoms with Gasteiger partial charge in [-0.25, -0.2) is 0 Å². The Hall–Kier alpha value is -2.61. The fraction of sp³-hybridized carbons (Fsp3) is 0.478. The van der Waals surface area contributed by atoms with Crippen LogP contribution in [0.5, 0.6) is 0 Å². The third kappa shape index (κ3) is 6.95. The lowest BCUT2D eigenvalue weighted by atomic mass is 9.96. The van der Waals surface area contributed by atoms with Gasteiger partial charge in [0.1, 0.15) is 5.03 Å². The smallest absolute Gasteiger partial charge is 0.234 e. The van der Waals surface area contributed by atoms with Gasteiger partial charge in [0, 0.05) is 31.2 Å². The van der Waals surface area contributed by atoms with E-state index in [1.165, 1.54) is 17.3 Å². The molecule has 0 saturated carbocycles. The van der Waals surface area contributed by atoms with Crippen molar-refractivity contribution in [2.75, 3.05) is 35.6 Å². The summed E-state index contributed by atoms with van der Waals surface area (Å²) in [5, 5.41) is 15.2. The van der Waals surface area contributed by atoms with Crippen molar-refractivity contribution >= 4 is 35.1 Å². The number of piperidine rings is 1. The number of hydrogen-bond donors (Lipinski definition) is 2. The lowest BCUT2D eigenvalue weighted by Gasteiger charge is -2.31. The SMILES string of the molecule is CCCNC(=O)C1CCN(c2ccc(SCC(=O)Nc3ccc(CC)cc3)nn2)CC1. The summed E-state index contributed by atoms with van der Waals surface area (Å²) in [6.45, 7) is 6.49. The highest BCUT2D eigenvalue weighted by atomic mass is 32.2. The van der Waals surface area contributed by atoms with E-state index in [0.29, 0.717) is 5.03 Å². The van der Waals surface area contributed by atoms with Crippen molar-refractivity contribution in [2.24, 2.45) is 5.92 Å². The summed E-state index contributed by atoms with van der Waals surface area (Å²) in [6, 6.07) is 11.7. The quantitative estimate of drug-likeness (QED) is 0.579. The predicted molar refractivity (Wildman–Crippen MR) is 125 cm³/mol. The summed E-state index contributed by atoms with van der Waals surface area (Å²) >= 11 is 1.37. The van der Waals surface area contributed by atoms with E-state index in [4.69, 9.17) is 0 Å². The highest BCUT2D eigenvalue weighted by Gasteiger charge is 2.25. The minimum Gasteiger partial charge on any atom is -0.356 e. The first-order valence-corrected chi connectivity index (χ1v) is 12.0. The summed E-state index contributed by atoms with van der Waals surface area (Å²) in [5.74, 6) is 1.28. The molecule has 0 spiro atoms. The summed E-state index contributed by atoms with van der Waals surface area (Å²) in [7, 11) is 0. The largest absolute Gasteiger partial charge is 0.356 e. The Morgan fingerprint density at radius 2 is 1.81 bits per heavy atom. The van der Waals surface area contributed by atoms with Gasteiger partial charge in [0.15, 0.2) is 5.82 Å². The summed E-state index contributed by atoms with van der Waals surface area (Å²) in [4.78, 5) is 26.5. The first-order valence-electron chi connectivity index (χ1n) is 11.0. The van der Waals surface area contributed by atoms with Gasteiger partial charge in [-0.1, -0.05) is 37.7 Å². The zero-order chi connectivity index (χ0) is 22.1. The van der Waals surface area contributed by atoms with E-state index in [-0.39, 0.29) is 23.5 Å². The number of nitrogens with zero attached hydrogens (tertiary/aromatic N) is 3. The molecule has 0 unspecified atom stereocenters. The van der Waals surface area contributed by atoms with Crippen LogP contribution in [0.3, 0.4) is 0 Å². The molecule has 1 fully saturated rings. The predicted octanol–water partition coefficient (Wildman–Crippen LogP) is 3.51. The molecular weight excluding hydrogens is 410 g/mol. The standard InChI is InChI=1S/C23H31N5O2S/c1-3-13-24-23(30)18-11-14-28(15-12-18)20-9-10-22(27-26-20)31-16-21(29)25-19-7-5-17(4-2)6-8-19/h5-10,18H,3-4,11-16H2,1-2H3,(H,24,30)(H,25,29). The molecule has 0 radical (unpaired) electrons. The average Bonchev–Trinajstić information content (AvgIpc) is 2.82. The Bertz CT molecular complexity index is 849. The molecule has 1 saturated heterocycles. The number of aryl methyl sites for hydroxylation is 1. The normalized spacial score (nSPS) is 14.3. The van der Waals surface area contributed by atoms with Crippen molar-refractivity contribution in [3.8, 4) is 0 Å². The van der Waals surface area contributed by atoms with Gasteiger partial charge >= 0.3 is 0 Å². The van der Waals surface area contributed by atoms with Crippen molar-refractivity contribution in [3.63, 3.8) is 0 Å².